The molecule has 0 spiro atoms. The van der Waals surface area contributed by atoms with Crippen molar-refractivity contribution in [2.24, 2.45) is 0 Å². The Kier molecular flexibility index (Phi) is 3.02. The van der Waals surface area contributed by atoms with Gasteiger partial charge in [-0.05, 0) is 25.6 Å². The summed E-state index contributed by atoms with van der Waals surface area (Å²) >= 11 is 6.35. The van der Waals surface area contributed by atoms with E-state index in [1.807, 2.05) is 0 Å². The van der Waals surface area contributed by atoms with Gasteiger partial charge in [-0.25, -0.2) is 0 Å². The van der Waals surface area contributed by atoms with Crippen LogP contribution in [-0.4, -0.2) is 16.2 Å². The Morgan fingerprint density at radius 3 is 3.00 bits per heavy atom. The van der Waals surface area contributed by atoms with E-state index in [0.717, 1.165) is 15.5 Å². The van der Waals surface area contributed by atoms with Gasteiger partial charge in [-0.3, -0.25) is 5.10 Å². The maximum atomic E-state index is 4.88. The molecule has 1 rings (SSSR count). The molecule has 1 aromatic heterocycles. The molecule has 1 atom stereocenters. The topological polar surface area (TPSA) is 40.7 Å². The Labute approximate surface area is 74.8 Å². The molecular weight excluding hydrogens is 178 g/mol. The van der Waals surface area contributed by atoms with Crippen molar-refractivity contribution in [2.75, 3.05) is 5.32 Å². The predicted octanol–water partition coefficient (Wildman–Crippen LogP) is 2.41. The van der Waals surface area contributed by atoms with Crippen molar-refractivity contribution in [3.05, 3.63) is 3.95 Å². The molecule has 0 saturated carbocycles. The third kappa shape index (κ3) is 2.59. The largest absolute Gasteiger partial charge is 0.358 e. The molecule has 0 aromatic carbocycles. The van der Waals surface area contributed by atoms with Crippen LogP contribution in [0.15, 0.2) is 0 Å². The number of hydrogen-bond acceptors (Lipinski definition) is 4. The molecule has 0 saturated heterocycles. The van der Waals surface area contributed by atoms with Crippen molar-refractivity contribution < 1.29 is 0 Å². The predicted molar refractivity (Wildman–Crippen MR) is 50.7 cm³/mol. The molecule has 0 fully saturated rings. The Hall–Kier alpha value is -0.420. The van der Waals surface area contributed by atoms with Crippen molar-refractivity contribution in [3.8, 4) is 0 Å². The fourth-order valence-electron chi connectivity index (χ4n) is 0.604. The van der Waals surface area contributed by atoms with E-state index in [2.05, 4.69) is 29.4 Å². The van der Waals surface area contributed by atoms with Crippen LogP contribution in [0, 0.1) is 3.95 Å². The maximum absolute atomic E-state index is 4.88. The highest BCUT2D eigenvalue weighted by molar-refractivity contribution is 7.73. The average molecular weight is 189 g/mol. The third-order valence-corrected chi connectivity index (χ3v) is 2.44. The quantitative estimate of drug-likeness (QED) is 0.717. The number of nitrogens with one attached hydrogen (secondary N) is 2. The van der Waals surface area contributed by atoms with E-state index >= 15 is 0 Å². The summed E-state index contributed by atoms with van der Waals surface area (Å²) in [6.45, 7) is 4.24. The van der Waals surface area contributed by atoms with Gasteiger partial charge in [0.15, 0.2) is 3.95 Å². The molecule has 0 aliphatic carbocycles. The molecule has 1 heterocycles. The fraction of sp³-hybridized carbons (Fsp3) is 0.667. The highest BCUT2D eigenvalue weighted by Crippen LogP contribution is 2.12. The molecule has 0 amide bonds. The first-order chi connectivity index (χ1) is 5.22. The van der Waals surface area contributed by atoms with Crippen LogP contribution in [0.25, 0.3) is 0 Å². The lowest BCUT2D eigenvalue weighted by Gasteiger charge is -2.07. The first-order valence-corrected chi connectivity index (χ1v) is 4.77. The second-order valence-electron chi connectivity index (χ2n) is 2.37. The minimum atomic E-state index is 0.462. The summed E-state index contributed by atoms with van der Waals surface area (Å²) in [4.78, 5) is 0. The van der Waals surface area contributed by atoms with E-state index in [4.69, 9.17) is 12.2 Å². The molecule has 0 aliphatic heterocycles. The van der Waals surface area contributed by atoms with E-state index in [0.29, 0.717) is 6.04 Å². The molecule has 62 valence electrons. The number of nitrogens with zero attached hydrogens (tertiary/aromatic N) is 1. The Bertz CT molecular complexity index is 265. The van der Waals surface area contributed by atoms with Gasteiger partial charge in [0.2, 0.25) is 5.13 Å². The third-order valence-electron chi connectivity index (χ3n) is 1.42. The normalized spacial score (nSPS) is 12.9. The number of H-pyrrole nitrogens is 1. The first-order valence-electron chi connectivity index (χ1n) is 3.54. The van der Waals surface area contributed by atoms with Gasteiger partial charge in [0.05, 0.1) is 0 Å². The lowest BCUT2D eigenvalue weighted by molar-refractivity contribution is 0.760. The number of rotatable bonds is 3. The van der Waals surface area contributed by atoms with Crippen LogP contribution in [-0.2, 0) is 0 Å². The molecule has 0 bridgehead atoms. The number of hydrogen-bond donors (Lipinski definition) is 2. The minimum absolute atomic E-state index is 0.462. The van der Waals surface area contributed by atoms with Crippen LogP contribution >= 0.6 is 23.6 Å². The summed E-state index contributed by atoms with van der Waals surface area (Å²) in [7, 11) is 0. The molecular formula is C6H11N3S2. The van der Waals surface area contributed by atoms with Gasteiger partial charge in [-0.15, -0.1) is 5.10 Å². The zero-order valence-corrected chi connectivity index (χ0v) is 8.18. The highest BCUT2D eigenvalue weighted by Gasteiger charge is 2.00. The van der Waals surface area contributed by atoms with Crippen LogP contribution in [0.5, 0.6) is 0 Å². The summed E-state index contributed by atoms with van der Waals surface area (Å²) in [5, 5.41) is 10.8. The molecule has 1 aromatic rings. The molecule has 0 unspecified atom stereocenters. The van der Waals surface area contributed by atoms with Crippen molar-refractivity contribution in [2.45, 2.75) is 26.3 Å². The highest BCUT2D eigenvalue weighted by atomic mass is 32.1. The molecule has 5 heteroatoms. The van der Waals surface area contributed by atoms with E-state index in [-0.39, 0.29) is 0 Å². The Balaban J connectivity index is 2.57. The van der Waals surface area contributed by atoms with Gasteiger partial charge in [-0.1, -0.05) is 18.3 Å². The van der Waals surface area contributed by atoms with Crippen LogP contribution in [0.1, 0.15) is 20.3 Å². The van der Waals surface area contributed by atoms with Crippen molar-refractivity contribution in [1.29, 1.82) is 0 Å². The lowest BCUT2D eigenvalue weighted by Crippen LogP contribution is -2.12. The average Bonchev–Trinajstić information content (AvgIpc) is 2.35. The Morgan fingerprint density at radius 2 is 2.55 bits per heavy atom. The number of anilines is 1. The van der Waals surface area contributed by atoms with E-state index in [1.54, 1.807) is 0 Å². The molecule has 2 N–H and O–H groups in total. The monoisotopic (exact) mass is 189 g/mol. The van der Waals surface area contributed by atoms with Gasteiger partial charge in [-0.2, -0.15) is 0 Å². The van der Waals surface area contributed by atoms with Gasteiger partial charge < -0.3 is 5.32 Å². The molecule has 0 radical (unpaired) electrons. The van der Waals surface area contributed by atoms with Crippen LogP contribution in [0.3, 0.4) is 0 Å². The summed E-state index contributed by atoms with van der Waals surface area (Å²) < 4.78 is 0.718. The van der Waals surface area contributed by atoms with E-state index < -0.39 is 0 Å². The minimum Gasteiger partial charge on any atom is -0.358 e. The second-order valence-corrected chi connectivity index (χ2v) is 4.04. The van der Waals surface area contributed by atoms with Crippen molar-refractivity contribution >= 4 is 28.7 Å². The Morgan fingerprint density at radius 1 is 1.82 bits per heavy atom. The number of aromatic nitrogens is 2. The van der Waals surface area contributed by atoms with Gasteiger partial charge in [0.1, 0.15) is 0 Å². The zero-order chi connectivity index (χ0) is 8.27. The SMILES string of the molecule is CC[C@@H](C)Nc1n[nH]c(=S)s1. The molecule has 0 aliphatic rings. The van der Waals surface area contributed by atoms with Gasteiger partial charge >= 0.3 is 0 Å². The molecule has 11 heavy (non-hydrogen) atoms. The standard InChI is InChI=1S/C6H11N3S2/c1-3-4(2)7-5-8-9-6(10)11-5/h4H,3H2,1-2H3,(H,7,8)(H,9,10)/t4-/m1/s1. The molecule has 3 nitrogen and oxygen atoms in total. The zero-order valence-electron chi connectivity index (χ0n) is 6.55. The summed E-state index contributed by atoms with van der Waals surface area (Å²) in [6.07, 6.45) is 1.09. The second kappa shape index (κ2) is 3.82. The van der Waals surface area contributed by atoms with Crippen LogP contribution < -0.4 is 5.32 Å². The van der Waals surface area contributed by atoms with Crippen LogP contribution in [0.2, 0.25) is 0 Å². The number of aromatic amines is 1. The van der Waals surface area contributed by atoms with Crippen molar-refractivity contribution in [1.82, 2.24) is 10.2 Å². The van der Waals surface area contributed by atoms with E-state index in [9.17, 15) is 0 Å². The van der Waals surface area contributed by atoms with Crippen molar-refractivity contribution in [3.63, 3.8) is 0 Å². The summed E-state index contributed by atoms with van der Waals surface area (Å²) in [5.41, 5.74) is 0. The van der Waals surface area contributed by atoms with E-state index in [1.165, 1.54) is 11.3 Å². The maximum Gasteiger partial charge on any atom is 0.204 e. The lowest BCUT2D eigenvalue weighted by atomic mass is 10.3. The van der Waals surface area contributed by atoms with Crippen LogP contribution in [0.4, 0.5) is 5.13 Å². The first kappa shape index (κ1) is 8.67. The fourth-order valence-corrected chi connectivity index (χ4v) is 1.51. The smallest absolute Gasteiger partial charge is 0.204 e. The van der Waals surface area contributed by atoms with Gasteiger partial charge in [0.25, 0.3) is 0 Å². The summed E-state index contributed by atoms with van der Waals surface area (Å²) in [6, 6.07) is 0.462. The summed E-state index contributed by atoms with van der Waals surface area (Å²) in [5.74, 6) is 0. The van der Waals surface area contributed by atoms with Gasteiger partial charge in [0, 0.05) is 6.04 Å².